The zero-order chi connectivity index (χ0) is 18.9. The molecule has 1 fully saturated rings. The van der Waals surface area contributed by atoms with Gasteiger partial charge in [-0.05, 0) is 18.8 Å². The second-order valence-electron chi connectivity index (χ2n) is 7.04. The topological polar surface area (TPSA) is 98.8 Å². The fraction of sp³-hybridized carbons (Fsp3) is 0.444. The molecule has 1 aromatic carbocycles. The van der Waals surface area contributed by atoms with Crippen molar-refractivity contribution in [2.45, 2.75) is 19.7 Å². The van der Waals surface area contributed by atoms with E-state index in [1.54, 1.807) is 26.5 Å². The monoisotopic (exact) mass is 355 g/mol. The fourth-order valence-electron chi connectivity index (χ4n) is 3.60. The predicted octanol–water partition coefficient (Wildman–Crippen LogP) is 1.81. The number of pyridine rings is 1. The van der Waals surface area contributed by atoms with Gasteiger partial charge in [-0.3, -0.25) is 4.98 Å². The van der Waals surface area contributed by atoms with Gasteiger partial charge in [0.05, 0.1) is 31.0 Å². The van der Waals surface area contributed by atoms with Crippen LogP contribution in [0.2, 0.25) is 6.32 Å². The van der Waals surface area contributed by atoms with E-state index in [0.717, 1.165) is 29.7 Å². The zero-order valence-electron chi connectivity index (χ0n) is 15.2. The van der Waals surface area contributed by atoms with Gasteiger partial charge in [0.15, 0.2) is 11.5 Å². The molecule has 0 saturated carbocycles. The van der Waals surface area contributed by atoms with Crippen LogP contribution in [0, 0.1) is 16.7 Å². The third-order valence-electron chi connectivity index (χ3n) is 4.93. The average Bonchev–Trinajstić information content (AvgIpc) is 2.61. The van der Waals surface area contributed by atoms with Gasteiger partial charge in [-0.1, -0.05) is 6.92 Å². The molecule has 0 spiro atoms. The molecule has 0 atom stereocenters. The summed E-state index contributed by atoms with van der Waals surface area (Å²) in [6, 6.07) is 5.88. The lowest BCUT2D eigenvalue weighted by Gasteiger charge is -2.50. The first kappa shape index (κ1) is 18.3. The second-order valence-corrected chi connectivity index (χ2v) is 7.04. The molecule has 1 aliphatic rings. The molecule has 1 aliphatic heterocycles. The van der Waals surface area contributed by atoms with E-state index < -0.39 is 7.12 Å². The van der Waals surface area contributed by atoms with Crippen LogP contribution in [0.3, 0.4) is 0 Å². The van der Waals surface area contributed by atoms with Crippen LogP contribution in [0.15, 0.2) is 18.3 Å². The van der Waals surface area contributed by atoms with Gasteiger partial charge in [0.2, 0.25) is 0 Å². The Balaban J connectivity index is 1.99. The number of nitrogens with zero attached hydrogens (tertiary/aromatic N) is 3. The van der Waals surface area contributed by atoms with Crippen molar-refractivity contribution in [2.75, 3.05) is 32.2 Å². The van der Waals surface area contributed by atoms with Crippen LogP contribution in [0.25, 0.3) is 10.9 Å². The number of rotatable bonds is 6. The Morgan fingerprint density at radius 2 is 1.92 bits per heavy atom. The van der Waals surface area contributed by atoms with Gasteiger partial charge in [-0.25, -0.2) is 0 Å². The molecular formula is C18H22BN3O4. The molecule has 3 rings (SSSR count). The van der Waals surface area contributed by atoms with Crippen LogP contribution in [0.4, 0.5) is 5.69 Å². The summed E-state index contributed by atoms with van der Waals surface area (Å²) < 4.78 is 10.7. The summed E-state index contributed by atoms with van der Waals surface area (Å²) in [6.45, 7) is 3.59. The minimum Gasteiger partial charge on any atom is -0.493 e. The van der Waals surface area contributed by atoms with Crippen LogP contribution in [0.5, 0.6) is 11.5 Å². The molecule has 1 saturated heterocycles. The molecule has 7 nitrogen and oxygen atoms in total. The van der Waals surface area contributed by atoms with Gasteiger partial charge < -0.3 is 24.4 Å². The van der Waals surface area contributed by atoms with Crippen molar-refractivity contribution < 1.29 is 19.5 Å². The van der Waals surface area contributed by atoms with E-state index >= 15 is 0 Å². The highest BCUT2D eigenvalue weighted by Crippen LogP contribution is 2.43. The number of fused-ring (bicyclic) bond motifs is 1. The molecule has 26 heavy (non-hydrogen) atoms. The van der Waals surface area contributed by atoms with Gasteiger partial charge in [-0.15, -0.1) is 0 Å². The van der Waals surface area contributed by atoms with Gasteiger partial charge in [0.1, 0.15) is 6.07 Å². The fourth-order valence-corrected chi connectivity index (χ4v) is 3.60. The molecule has 0 unspecified atom stereocenters. The highest BCUT2D eigenvalue weighted by atomic mass is 16.5. The largest absolute Gasteiger partial charge is 0.493 e. The van der Waals surface area contributed by atoms with Crippen LogP contribution < -0.4 is 14.4 Å². The maximum absolute atomic E-state index is 9.54. The predicted molar refractivity (Wildman–Crippen MR) is 99.5 cm³/mol. The summed E-state index contributed by atoms with van der Waals surface area (Å²) in [6.07, 6.45) is 2.64. The van der Waals surface area contributed by atoms with Gasteiger partial charge >= 0.3 is 7.12 Å². The van der Waals surface area contributed by atoms with Crippen molar-refractivity contribution in [3.8, 4) is 17.6 Å². The Hall–Kier alpha value is -2.50. The van der Waals surface area contributed by atoms with Crippen LogP contribution >= 0.6 is 0 Å². The number of hydrogen-bond donors (Lipinski definition) is 2. The van der Waals surface area contributed by atoms with Crippen molar-refractivity contribution in [1.29, 1.82) is 5.26 Å². The van der Waals surface area contributed by atoms with Crippen molar-refractivity contribution in [3.63, 3.8) is 0 Å². The van der Waals surface area contributed by atoms with Gasteiger partial charge in [0, 0.05) is 36.2 Å². The molecule has 0 amide bonds. The Bertz CT molecular complexity index is 860. The molecule has 0 radical (unpaired) electrons. The Kier molecular flexibility index (Phi) is 4.94. The number of ether oxygens (including phenoxy) is 2. The number of benzene rings is 1. The zero-order valence-corrected chi connectivity index (χ0v) is 15.2. The first-order valence-corrected chi connectivity index (χ1v) is 8.46. The van der Waals surface area contributed by atoms with Crippen molar-refractivity contribution in [2.24, 2.45) is 5.41 Å². The van der Waals surface area contributed by atoms with Crippen molar-refractivity contribution in [3.05, 3.63) is 23.9 Å². The maximum Gasteiger partial charge on any atom is 0.451 e. The van der Waals surface area contributed by atoms with E-state index in [9.17, 15) is 5.26 Å². The summed E-state index contributed by atoms with van der Waals surface area (Å²) in [4.78, 5) is 6.52. The van der Waals surface area contributed by atoms with E-state index in [0.29, 0.717) is 29.8 Å². The van der Waals surface area contributed by atoms with Crippen molar-refractivity contribution >= 4 is 23.7 Å². The Labute approximate surface area is 152 Å². The number of methoxy groups -OCH3 is 2. The lowest BCUT2D eigenvalue weighted by molar-refractivity contribution is 0.227. The summed E-state index contributed by atoms with van der Waals surface area (Å²) in [7, 11) is 1.87. The number of nitriles is 1. The SMILES string of the molecule is COc1cc2ncc(C#N)c(N3CC(C)(CCB(O)O)C3)c2cc1OC. The minimum atomic E-state index is -1.28. The van der Waals surface area contributed by atoms with E-state index in [1.807, 2.05) is 6.07 Å². The summed E-state index contributed by atoms with van der Waals surface area (Å²) in [5.74, 6) is 1.18. The Morgan fingerprint density at radius 1 is 1.27 bits per heavy atom. The standard InChI is InChI=1S/C18H22BN3O4/c1-18(4-5-19(23)24)10-22(11-18)17-12(8-20)9-21-14-7-16(26-3)15(25-2)6-13(14)17/h6-7,9,23-24H,4-5,10-11H2,1-3H3. The second kappa shape index (κ2) is 7.02. The van der Waals surface area contributed by atoms with E-state index in [-0.39, 0.29) is 5.41 Å². The average molecular weight is 355 g/mol. The quantitative estimate of drug-likeness (QED) is 0.763. The van der Waals surface area contributed by atoms with Crippen LogP contribution in [-0.4, -0.2) is 49.5 Å². The molecular weight excluding hydrogens is 333 g/mol. The maximum atomic E-state index is 9.54. The molecule has 136 valence electrons. The lowest BCUT2D eigenvalue weighted by atomic mass is 9.70. The number of aromatic nitrogens is 1. The molecule has 2 N–H and O–H groups in total. The van der Waals surface area contributed by atoms with E-state index in [2.05, 4.69) is 22.9 Å². The Morgan fingerprint density at radius 3 is 2.50 bits per heavy atom. The summed E-state index contributed by atoms with van der Waals surface area (Å²) >= 11 is 0. The first-order chi connectivity index (χ1) is 12.4. The van der Waals surface area contributed by atoms with Crippen LogP contribution in [-0.2, 0) is 0 Å². The highest BCUT2D eigenvalue weighted by molar-refractivity contribution is 6.40. The minimum absolute atomic E-state index is 0.0113. The first-order valence-electron chi connectivity index (χ1n) is 8.46. The summed E-state index contributed by atoms with van der Waals surface area (Å²) in [5.41, 5.74) is 2.06. The van der Waals surface area contributed by atoms with E-state index in [1.165, 1.54) is 0 Å². The molecule has 0 aliphatic carbocycles. The number of anilines is 1. The molecule has 0 bridgehead atoms. The third-order valence-corrected chi connectivity index (χ3v) is 4.93. The molecule has 1 aromatic heterocycles. The van der Waals surface area contributed by atoms with Crippen molar-refractivity contribution in [1.82, 2.24) is 4.98 Å². The molecule has 8 heteroatoms. The van der Waals surface area contributed by atoms with Gasteiger partial charge in [0.25, 0.3) is 0 Å². The lowest BCUT2D eigenvalue weighted by Crippen LogP contribution is -2.55. The number of hydrogen-bond acceptors (Lipinski definition) is 7. The van der Waals surface area contributed by atoms with Gasteiger partial charge in [-0.2, -0.15) is 5.26 Å². The smallest absolute Gasteiger partial charge is 0.451 e. The van der Waals surface area contributed by atoms with E-state index in [4.69, 9.17) is 19.5 Å². The normalized spacial score (nSPS) is 15.3. The molecule has 2 aromatic rings. The third kappa shape index (κ3) is 3.28. The van der Waals surface area contributed by atoms with Crippen LogP contribution in [0.1, 0.15) is 18.9 Å². The molecule has 2 heterocycles. The highest BCUT2D eigenvalue weighted by Gasteiger charge is 2.40. The summed E-state index contributed by atoms with van der Waals surface area (Å²) in [5, 5.41) is 28.6.